The van der Waals surface area contributed by atoms with Crippen molar-refractivity contribution in [3.05, 3.63) is 65.2 Å². The molecular formula is C17H17F2N3O4S. The lowest BCUT2D eigenvalue weighted by Crippen LogP contribution is -2.36. The van der Waals surface area contributed by atoms with E-state index in [1.807, 2.05) is 0 Å². The van der Waals surface area contributed by atoms with Gasteiger partial charge in [-0.25, -0.2) is 21.9 Å². The molecule has 0 aromatic heterocycles. The van der Waals surface area contributed by atoms with Gasteiger partial charge in [0.05, 0.1) is 17.0 Å². The highest BCUT2D eigenvalue weighted by Gasteiger charge is 2.14. The maximum Gasteiger partial charge on any atom is 0.254 e. The normalized spacial score (nSPS) is 11.1. The second kappa shape index (κ2) is 8.69. The predicted molar refractivity (Wildman–Crippen MR) is 93.2 cm³/mol. The molecular weight excluding hydrogens is 380 g/mol. The van der Waals surface area contributed by atoms with Crippen LogP contribution >= 0.6 is 0 Å². The van der Waals surface area contributed by atoms with E-state index < -0.39 is 40.0 Å². The van der Waals surface area contributed by atoms with Gasteiger partial charge in [0.25, 0.3) is 5.91 Å². The predicted octanol–water partition coefficient (Wildman–Crippen LogP) is 0.919. The van der Waals surface area contributed by atoms with Crippen molar-refractivity contribution in [3.63, 3.8) is 0 Å². The molecule has 144 valence electrons. The van der Waals surface area contributed by atoms with Crippen LogP contribution in [0.4, 0.5) is 8.78 Å². The highest BCUT2D eigenvalue weighted by molar-refractivity contribution is 7.89. The molecule has 0 unspecified atom stereocenters. The van der Waals surface area contributed by atoms with Crippen molar-refractivity contribution in [3.8, 4) is 0 Å². The van der Waals surface area contributed by atoms with Crippen LogP contribution in [-0.2, 0) is 21.4 Å². The van der Waals surface area contributed by atoms with Crippen molar-refractivity contribution in [2.24, 2.45) is 0 Å². The molecule has 0 atom stereocenters. The number of rotatable bonds is 7. The second-order valence-electron chi connectivity index (χ2n) is 5.44. The summed E-state index contributed by atoms with van der Waals surface area (Å²) in [6, 6.07) is 8.37. The zero-order valence-corrected chi connectivity index (χ0v) is 15.1. The van der Waals surface area contributed by atoms with Crippen molar-refractivity contribution in [2.45, 2.75) is 11.4 Å². The number of carbonyl (C=O) groups is 2. The smallest absolute Gasteiger partial charge is 0.254 e. The van der Waals surface area contributed by atoms with Gasteiger partial charge in [0.15, 0.2) is 0 Å². The fourth-order valence-corrected chi connectivity index (χ4v) is 2.83. The van der Waals surface area contributed by atoms with Crippen LogP contribution in [0.1, 0.15) is 15.9 Å². The zero-order valence-electron chi connectivity index (χ0n) is 14.3. The van der Waals surface area contributed by atoms with E-state index >= 15 is 0 Å². The number of hydrogen-bond donors (Lipinski definition) is 3. The summed E-state index contributed by atoms with van der Waals surface area (Å²) in [6.07, 6.45) is 0. The van der Waals surface area contributed by atoms with Crippen molar-refractivity contribution >= 4 is 21.8 Å². The fraction of sp³-hybridized carbons (Fsp3) is 0.176. The number of benzene rings is 2. The molecule has 10 heteroatoms. The summed E-state index contributed by atoms with van der Waals surface area (Å²) in [5.74, 6) is -3.21. The lowest BCUT2D eigenvalue weighted by atomic mass is 10.2. The van der Waals surface area contributed by atoms with Crippen molar-refractivity contribution in [1.29, 1.82) is 0 Å². The maximum atomic E-state index is 13.5. The summed E-state index contributed by atoms with van der Waals surface area (Å²) in [4.78, 5) is 23.7. The van der Waals surface area contributed by atoms with E-state index in [4.69, 9.17) is 0 Å². The molecule has 0 aliphatic rings. The van der Waals surface area contributed by atoms with E-state index in [2.05, 4.69) is 15.4 Å². The maximum absolute atomic E-state index is 13.5. The Hall–Kier alpha value is -2.85. The molecule has 7 nitrogen and oxygen atoms in total. The Balaban J connectivity index is 1.85. The van der Waals surface area contributed by atoms with Crippen LogP contribution in [0.3, 0.4) is 0 Å². The average molecular weight is 397 g/mol. The minimum absolute atomic E-state index is 0.0914. The first-order chi connectivity index (χ1) is 12.7. The topological polar surface area (TPSA) is 104 Å². The summed E-state index contributed by atoms with van der Waals surface area (Å²) in [6.45, 7) is -0.290. The SMILES string of the molecule is CNS(=O)(=O)c1ccc(CNC(=O)CNC(=O)c2ccc(F)cc2F)cc1. The molecule has 0 saturated carbocycles. The number of hydrogen-bond acceptors (Lipinski definition) is 4. The highest BCUT2D eigenvalue weighted by Crippen LogP contribution is 2.10. The third-order valence-corrected chi connectivity index (χ3v) is 5.01. The van der Waals surface area contributed by atoms with Crippen LogP contribution in [0.5, 0.6) is 0 Å². The molecule has 0 radical (unpaired) electrons. The Morgan fingerprint density at radius 3 is 2.26 bits per heavy atom. The number of nitrogens with one attached hydrogen (secondary N) is 3. The van der Waals surface area contributed by atoms with Crippen LogP contribution in [0.2, 0.25) is 0 Å². The molecule has 2 aromatic rings. The van der Waals surface area contributed by atoms with Gasteiger partial charge in [0.2, 0.25) is 15.9 Å². The fourth-order valence-electron chi connectivity index (χ4n) is 2.10. The number of amides is 2. The van der Waals surface area contributed by atoms with Gasteiger partial charge in [0, 0.05) is 12.6 Å². The molecule has 0 bridgehead atoms. The van der Waals surface area contributed by atoms with Gasteiger partial charge < -0.3 is 10.6 Å². The van der Waals surface area contributed by atoms with Crippen molar-refractivity contribution in [1.82, 2.24) is 15.4 Å². The van der Waals surface area contributed by atoms with Gasteiger partial charge in [0.1, 0.15) is 11.6 Å². The van der Waals surface area contributed by atoms with Crippen LogP contribution in [0, 0.1) is 11.6 Å². The summed E-state index contributed by atoms with van der Waals surface area (Å²) >= 11 is 0. The van der Waals surface area contributed by atoms with E-state index in [0.29, 0.717) is 11.6 Å². The van der Waals surface area contributed by atoms with Crippen molar-refractivity contribution < 1.29 is 26.8 Å². The van der Waals surface area contributed by atoms with Crippen LogP contribution in [-0.4, -0.2) is 33.8 Å². The van der Waals surface area contributed by atoms with E-state index in [1.54, 1.807) is 0 Å². The van der Waals surface area contributed by atoms with Crippen LogP contribution < -0.4 is 15.4 Å². The zero-order chi connectivity index (χ0) is 20.0. The summed E-state index contributed by atoms with van der Waals surface area (Å²) in [7, 11) is -2.23. The lowest BCUT2D eigenvalue weighted by Gasteiger charge is -2.08. The molecule has 3 N–H and O–H groups in total. The molecule has 0 saturated heterocycles. The molecule has 0 aliphatic heterocycles. The van der Waals surface area contributed by atoms with Crippen LogP contribution in [0.15, 0.2) is 47.4 Å². The molecule has 2 amide bonds. The molecule has 2 rings (SSSR count). The Bertz CT molecular complexity index is 947. The number of sulfonamides is 1. The average Bonchev–Trinajstić information content (AvgIpc) is 2.64. The van der Waals surface area contributed by atoms with Gasteiger partial charge in [-0.05, 0) is 36.9 Å². The first-order valence-electron chi connectivity index (χ1n) is 7.75. The van der Waals surface area contributed by atoms with Gasteiger partial charge in [-0.3, -0.25) is 9.59 Å². The monoisotopic (exact) mass is 397 g/mol. The van der Waals surface area contributed by atoms with E-state index in [9.17, 15) is 26.8 Å². The van der Waals surface area contributed by atoms with Crippen molar-refractivity contribution in [2.75, 3.05) is 13.6 Å². The third-order valence-electron chi connectivity index (χ3n) is 3.58. The molecule has 2 aromatic carbocycles. The summed E-state index contributed by atoms with van der Waals surface area (Å²) < 4.78 is 51.7. The number of halogens is 2. The highest BCUT2D eigenvalue weighted by atomic mass is 32.2. The van der Waals surface area contributed by atoms with Crippen LogP contribution in [0.25, 0.3) is 0 Å². The minimum atomic E-state index is -3.54. The Morgan fingerprint density at radius 1 is 1.00 bits per heavy atom. The quantitative estimate of drug-likeness (QED) is 0.646. The van der Waals surface area contributed by atoms with Gasteiger partial charge >= 0.3 is 0 Å². The summed E-state index contributed by atoms with van der Waals surface area (Å²) in [5, 5.41) is 4.76. The Kier molecular flexibility index (Phi) is 6.59. The second-order valence-corrected chi connectivity index (χ2v) is 7.32. The molecule has 27 heavy (non-hydrogen) atoms. The third kappa shape index (κ3) is 5.56. The standard InChI is InChI=1S/C17H17F2N3O4S/c1-20-27(25,26)13-5-2-11(3-6-13)9-21-16(23)10-22-17(24)14-7-4-12(18)8-15(14)19/h2-8,20H,9-10H2,1H3,(H,21,23)(H,22,24). The molecule has 0 aliphatic carbocycles. The largest absolute Gasteiger partial charge is 0.350 e. The van der Waals surface area contributed by atoms with E-state index in [-0.39, 0.29) is 17.0 Å². The molecule has 0 spiro atoms. The summed E-state index contributed by atoms with van der Waals surface area (Å²) in [5.41, 5.74) is 0.278. The minimum Gasteiger partial charge on any atom is -0.350 e. The number of carbonyl (C=O) groups excluding carboxylic acids is 2. The molecule has 0 heterocycles. The lowest BCUT2D eigenvalue weighted by molar-refractivity contribution is -0.120. The van der Waals surface area contributed by atoms with Gasteiger partial charge in [-0.1, -0.05) is 12.1 Å². The first-order valence-corrected chi connectivity index (χ1v) is 9.23. The Labute approximate surface area is 154 Å². The molecule has 0 fully saturated rings. The van der Waals surface area contributed by atoms with Gasteiger partial charge in [-0.2, -0.15) is 0 Å². The Morgan fingerprint density at radius 2 is 1.67 bits per heavy atom. The van der Waals surface area contributed by atoms with E-state index in [1.165, 1.54) is 31.3 Å². The van der Waals surface area contributed by atoms with Gasteiger partial charge in [-0.15, -0.1) is 0 Å². The van der Waals surface area contributed by atoms with E-state index in [0.717, 1.165) is 12.1 Å². The first kappa shape index (κ1) is 20.5.